The van der Waals surface area contributed by atoms with Gasteiger partial charge in [0, 0.05) is 10.7 Å². The summed E-state index contributed by atoms with van der Waals surface area (Å²) >= 11 is 5.76. The first-order valence-corrected chi connectivity index (χ1v) is 4.45. The van der Waals surface area contributed by atoms with E-state index in [4.69, 9.17) is 16.7 Å². The van der Waals surface area contributed by atoms with Gasteiger partial charge in [-0.25, -0.2) is 0 Å². The number of nitrogens with zero attached hydrogens (tertiary/aromatic N) is 3. The average Bonchev–Trinajstić information content (AvgIpc) is 2.67. The second kappa shape index (κ2) is 3.77. The van der Waals surface area contributed by atoms with E-state index in [1.165, 1.54) is 0 Å². The highest BCUT2D eigenvalue weighted by atomic mass is 35.5. The quantitative estimate of drug-likeness (QED) is 0.814. The molecule has 5 heteroatoms. The fourth-order valence-corrected chi connectivity index (χ4v) is 1.31. The van der Waals surface area contributed by atoms with Gasteiger partial charge in [0.25, 0.3) is 0 Å². The summed E-state index contributed by atoms with van der Waals surface area (Å²) in [5, 5.41) is 17.1. The number of aliphatic hydroxyl groups excluding tert-OH is 1. The second-order valence-electron chi connectivity index (χ2n) is 2.75. The Morgan fingerprint density at radius 3 is 2.64 bits per heavy atom. The zero-order chi connectivity index (χ0) is 9.97. The Morgan fingerprint density at radius 2 is 2.00 bits per heavy atom. The van der Waals surface area contributed by atoms with Crippen molar-refractivity contribution in [3.63, 3.8) is 0 Å². The third-order valence-electron chi connectivity index (χ3n) is 1.86. The lowest BCUT2D eigenvalue weighted by Gasteiger charge is -2.03. The van der Waals surface area contributed by atoms with Crippen LogP contribution < -0.4 is 0 Å². The van der Waals surface area contributed by atoms with Crippen molar-refractivity contribution in [2.45, 2.75) is 6.61 Å². The van der Waals surface area contributed by atoms with E-state index < -0.39 is 0 Å². The molecule has 1 aromatic heterocycles. The van der Waals surface area contributed by atoms with Gasteiger partial charge in [0.15, 0.2) is 5.82 Å². The zero-order valence-corrected chi connectivity index (χ0v) is 8.02. The van der Waals surface area contributed by atoms with Gasteiger partial charge in [-0.05, 0) is 24.3 Å². The number of hydrogen-bond donors (Lipinski definition) is 1. The average molecular weight is 210 g/mol. The third kappa shape index (κ3) is 1.62. The summed E-state index contributed by atoms with van der Waals surface area (Å²) < 4.78 is 1.70. The van der Waals surface area contributed by atoms with Crippen molar-refractivity contribution in [1.29, 1.82) is 0 Å². The summed E-state index contributed by atoms with van der Waals surface area (Å²) in [5.74, 6) is 0.507. The first-order valence-electron chi connectivity index (χ1n) is 4.07. The maximum atomic E-state index is 8.97. The van der Waals surface area contributed by atoms with E-state index in [9.17, 15) is 0 Å². The number of benzene rings is 1. The first-order chi connectivity index (χ1) is 6.81. The molecule has 0 aliphatic carbocycles. The third-order valence-corrected chi connectivity index (χ3v) is 2.12. The van der Waals surface area contributed by atoms with Gasteiger partial charge in [0.1, 0.15) is 12.9 Å². The Labute approximate surface area is 85.8 Å². The van der Waals surface area contributed by atoms with E-state index in [0.717, 1.165) is 5.69 Å². The van der Waals surface area contributed by atoms with Crippen LogP contribution >= 0.6 is 11.6 Å². The maximum absolute atomic E-state index is 8.97. The molecule has 0 saturated heterocycles. The molecule has 1 heterocycles. The van der Waals surface area contributed by atoms with Gasteiger partial charge in [-0.15, -0.1) is 10.2 Å². The molecular formula is C9H8ClN3O. The predicted octanol–water partition coefficient (Wildman–Crippen LogP) is 1.41. The summed E-state index contributed by atoms with van der Waals surface area (Å²) in [5.41, 5.74) is 0.878. The Hall–Kier alpha value is -1.39. The van der Waals surface area contributed by atoms with E-state index in [1.54, 1.807) is 23.0 Å². The lowest BCUT2D eigenvalue weighted by Crippen LogP contribution is -1.99. The zero-order valence-electron chi connectivity index (χ0n) is 7.26. The fraction of sp³-hybridized carbons (Fsp3) is 0.111. The molecule has 2 rings (SSSR count). The van der Waals surface area contributed by atoms with E-state index in [0.29, 0.717) is 10.8 Å². The summed E-state index contributed by atoms with van der Waals surface area (Å²) in [6.45, 7) is -0.136. The smallest absolute Gasteiger partial charge is 0.163 e. The van der Waals surface area contributed by atoms with Crippen LogP contribution in [0.2, 0.25) is 5.02 Å². The summed E-state index contributed by atoms with van der Waals surface area (Å²) in [4.78, 5) is 0. The molecule has 0 fully saturated rings. The molecule has 0 aliphatic rings. The van der Waals surface area contributed by atoms with Gasteiger partial charge in [0.2, 0.25) is 0 Å². The van der Waals surface area contributed by atoms with Crippen LogP contribution in [0.25, 0.3) is 5.69 Å². The lowest BCUT2D eigenvalue weighted by atomic mass is 10.3. The Bertz CT molecular complexity index is 424. The van der Waals surface area contributed by atoms with Crippen LogP contribution in [0.15, 0.2) is 30.6 Å². The monoisotopic (exact) mass is 209 g/mol. The molecule has 0 bridgehead atoms. The standard InChI is InChI=1S/C9H8ClN3O/c10-7-1-3-8(4-2-7)13-6-11-12-9(13)5-14/h1-4,6,14H,5H2. The van der Waals surface area contributed by atoms with Crippen molar-refractivity contribution in [2.75, 3.05) is 0 Å². The molecule has 0 atom stereocenters. The van der Waals surface area contributed by atoms with Gasteiger partial charge < -0.3 is 5.11 Å². The van der Waals surface area contributed by atoms with Crippen LogP contribution in [-0.2, 0) is 6.61 Å². The lowest BCUT2D eigenvalue weighted by molar-refractivity contribution is 0.269. The molecule has 1 N–H and O–H groups in total. The van der Waals surface area contributed by atoms with Crippen LogP contribution in [0.1, 0.15) is 5.82 Å². The molecule has 1 aromatic carbocycles. The Balaban J connectivity index is 2.44. The van der Waals surface area contributed by atoms with Gasteiger partial charge >= 0.3 is 0 Å². The van der Waals surface area contributed by atoms with Crippen LogP contribution in [-0.4, -0.2) is 19.9 Å². The van der Waals surface area contributed by atoms with Crippen molar-refractivity contribution >= 4 is 11.6 Å². The minimum atomic E-state index is -0.136. The summed E-state index contributed by atoms with van der Waals surface area (Å²) in [6, 6.07) is 7.23. The molecule has 0 spiro atoms. The van der Waals surface area contributed by atoms with E-state index in [2.05, 4.69) is 10.2 Å². The highest BCUT2D eigenvalue weighted by molar-refractivity contribution is 6.30. The maximum Gasteiger partial charge on any atom is 0.163 e. The topological polar surface area (TPSA) is 50.9 Å². The second-order valence-corrected chi connectivity index (χ2v) is 3.19. The molecular weight excluding hydrogens is 202 g/mol. The molecule has 0 unspecified atom stereocenters. The normalized spacial score (nSPS) is 10.4. The summed E-state index contributed by atoms with van der Waals surface area (Å²) in [7, 11) is 0. The molecule has 0 aliphatic heterocycles. The van der Waals surface area contributed by atoms with Crippen molar-refractivity contribution in [3.8, 4) is 5.69 Å². The Kier molecular flexibility index (Phi) is 2.47. The molecule has 0 saturated carbocycles. The van der Waals surface area contributed by atoms with Crippen LogP contribution in [0, 0.1) is 0 Å². The highest BCUT2D eigenvalue weighted by Gasteiger charge is 2.03. The predicted molar refractivity (Wildman–Crippen MR) is 52.3 cm³/mol. The van der Waals surface area contributed by atoms with E-state index in [1.807, 2.05) is 12.1 Å². The number of halogens is 1. The SMILES string of the molecule is OCc1nncn1-c1ccc(Cl)cc1. The molecule has 0 radical (unpaired) electrons. The summed E-state index contributed by atoms with van der Waals surface area (Å²) in [6.07, 6.45) is 1.55. The minimum Gasteiger partial charge on any atom is -0.388 e. The van der Waals surface area contributed by atoms with Gasteiger partial charge in [-0.2, -0.15) is 0 Å². The molecule has 14 heavy (non-hydrogen) atoms. The molecule has 72 valence electrons. The van der Waals surface area contributed by atoms with Gasteiger partial charge in [0.05, 0.1) is 0 Å². The number of rotatable bonds is 2. The van der Waals surface area contributed by atoms with Crippen molar-refractivity contribution in [3.05, 3.63) is 41.4 Å². The highest BCUT2D eigenvalue weighted by Crippen LogP contribution is 2.14. The Morgan fingerprint density at radius 1 is 1.29 bits per heavy atom. The first kappa shape index (κ1) is 9.18. The molecule has 2 aromatic rings. The minimum absolute atomic E-state index is 0.136. The largest absolute Gasteiger partial charge is 0.388 e. The molecule has 4 nitrogen and oxygen atoms in total. The van der Waals surface area contributed by atoms with Crippen molar-refractivity contribution in [2.24, 2.45) is 0 Å². The van der Waals surface area contributed by atoms with Crippen molar-refractivity contribution in [1.82, 2.24) is 14.8 Å². The molecule has 0 amide bonds. The van der Waals surface area contributed by atoms with E-state index >= 15 is 0 Å². The number of aliphatic hydroxyl groups is 1. The van der Waals surface area contributed by atoms with Gasteiger partial charge in [-0.1, -0.05) is 11.6 Å². The van der Waals surface area contributed by atoms with Crippen LogP contribution in [0.3, 0.4) is 0 Å². The van der Waals surface area contributed by atoms with E-state index in [-0.39, 0.29) is 6.61 Å². The van der Waals surface area contributed by atoms with Crippen molar-refractivity contribution < 1.29 is 5.11 Å². The number of hydrogen-bond acceptors (Lipinski definition) is 3. The fourth-order valence-electron chi connectivity index (χ4n) is 1.18. The number of aromatic nitrogens is 3. The van der Waals surface area contributed by atoms with Crippen LogP contribution in [0.4, 0.5) is 0 Å². The van der Waals surface area contributed by atoms with Crippen LogP contribution in [0.5, 0.6) is 0 Å². The van der Waals surface area contributed by atoms with Gasteiger partial charge in [-0.3, -0.25) is 4.57 Å².